The Morgan fingerprint density at radius 2 is 2.00 bits per heavy atom. The van der Waals surface area contributed by atoms with Crippen LogP contribution in [-0.2, 0) is 17.6 Å². The molecule has 2 aromatic carbocycles. The van der Waals surface area contributed by atoms with Crippen LogP contribution in [0.2, 0.25) is 0 Å². The molecule has 1 aliphatic carbocycles. The molecule has 0 aromatic heterocycles. The Bertz CT molecular complexity index is 785. The average molecular weight is 311 g/mol. The molecule has 1 N–H and O–H groups in total. The smallest absolute Gasteiger partial charge is 0.338 e. The standard InChI is InChI=1S/C19H18O4/c20-18(21)16-6-3-7-17(11-16)19(22)23-12-13-8-9-14-4-1-2-5-15(14)10-13/h1-7,11,13H,8-10,12H2,(H,20,21)/i4D. The summed E-state index contributed by atoms with van der Waals surface area (Å²) in [7, 11) is 0. The Hall–Kier alpha value is -2.62. The van der Waals surface area contributed by atoms with Crippen molar-refractivity contribution in [1.29, 1.82) is 0 Å². The second-order valence-electron chi connectivity index (χ2n) is 5.77. The van der Waals surface area contributed by atoms with Crippen LogP contribution in [-0.4, -0.2) is 23.7 Å². The van der Waals surface area contributed by atoms with Crippen LogP contribution in [0.5, 0.6) is 0 Å². The van der Waals surface area contributed by atoms with Gasteiger partial charge in [-0.05, 0) is 54.5 Å². The van der Waals surface area contributed by atoms with Crippen molar-refractivity contribution in [1.82, 2.24) is 0 Å². The van der Waals surface area contributed by atoms with Crippen molar-refractivity contribution >= 4 is 11.9 Å². The van der Waals surface area contributed by atoms with Crippen molar-refractivity contribution in [2.24, 2.45) is 5.92 Å². The fourth-order valence-electron chi connectivity index (χ4n) is 2.89. The van der Waals surface area contributed by atoms with Gasteiger partial charge in [0.1, 0.15) is 0 Å². The lowest BCUT2D eigenvalue weighted by molar-refractivity contribution is 0.0428. The van der Waals surface area contributed by atoms with E-state index in [4.69, 9.17) is 11.2 Å². The summed E-state index contributed by atoms with van der Waals surface area (Å²) in [6.07, 6.45) is 2.50. The van der Waals surface area contributed by atoms with Crippen LogP contribution in [0.4, 0.5) is 0 Å². The molecule has 0 heterocycles. The molecule has 0 spiro atoms. The maximum atomic E-state index is 12.1. The lowest BCUT2D eigenvalue weighted by Gasteiger charge is -2.24. The molecule has 0 amide bonds. The van der Waals surface area contributed by atoms with Gasteiger partial charge >= 0.3 is 11.9 Å². The fraction of sp³-hybridized carbons (Fsp3) is 0.263. The number of hydrogen-bond donors (Lipinski definition) is 1. The van der Waals surface area contributed by atoms with Crippen molar-refractivity contribution in [3.8, 4) is 0 Å². The summed E-state index contributed by atoms with van der Waals surface area (Å²) in [6, 6.07) is 12.1. The molecular formula is C19H18O4. The minimum Gasteiger partial charge on any atom is -0.478 e. The molecule has 23 heavy (non-hydrogen) atoms. The van der Waals surface area contributed by atoms with Crippen LogP contribution in [0.3, 0.4) is 0 Å². The first-order valence-electron chi connectivity index (χ1n) is 8.12. The van der Waals surface area contributed by atoms with Crippen LogP contribution >= 0.6 is 0 Å². The van der Waals surface area contributed by atoms with Crippen molar-refractivity contribution in [2.45, 2.75) is 19.3 Å². The van der Waals surface area contributed by atoms with E-state index in [9.17, 15) is 9.59 Å². The van der Waals surface area contributed by atoms with E-state index in [-0.39, 0.29) is 17.0 Å². The number of fused-ring (bicyclic) bond motifs is 1. The molecule has 0 saturated carbocycles. The van der Waals surface area contributed by atoms with Crippen molar-refractivity contribution in [3.63, 3.8) is 0 Å². The summed E-state index contributed by atoms with van der Waals surface area (Å²) < 4.78 is 13.3. The molecule has 0 aliphatic heterocycles. The summed E-state index contributed by atoms with van der Waals surface area (Å²) in [6.45, 7) is 0.303. The van der Waals surface area contributed by atoms with Crippen LogP contribution in [0.15, 0.2) is 48.5 Å². The zero-order valence-corrected chi connectivity index (χ0v) is 12.6. The summed E-state index contributed by atoms with van der Waals surface area (Å²) in [5, 5.41) is 8.97. The van der Waals surface area contributed by atoms with E-state index in [1.807, 2.05) is 12.1 Å². The van der Waals surface area contributed by atoms with Crippen molar-refractivity contribution in [2.75, 3.05) is 6.61 Å². The number of hydrogen-bond acceptors (Lipinski definition) is 3. The number of rotatable bonds is 4. The second-order valence-corrected chi connectivity index (χ2v) is 5.77. The van der Waals surface area contributed by atoms with Crippen LogP contribution < -0.4 is 0 Å². The van der Waals surface area contributed by atoms with E-state index >= 15 is 0 Å². The lowest BCUT2D eigenvalue weighted by atomic mass is 9.84. The fourth-order valence-corrected chi connectivity index (χ4v) is 2.89. The summed E-state index contributed by atoms with van der Waals surface area (Å²) in [5.74, 6) is -1.34. The molecule has 1 unspecified atom stereocenters. The zero-order valence-electron chi connectivity index (χ0n) is 13.6. The Morgan fingerprint density at radius 1 is 1.17 bits per heavy atom. The van der Waals surface area contributed by atoms with Gasteiger partial charge in [-0.3, -0.25) is 0 Å². The average Bonchev–Trinajstić information content (AvgIpc) is 2.60. The summed E-state index contributed by atoms with van der Waals surface area (Å²) in [5.41, 5.74) is 2.57. The number of carbonyl (C=O) groups excluding carboxylic acids is 1. The van der Waals surface area contributed by atoms with Gasteiger partial charge in [-0.2, -0.15) is 0 Å². The highest BCUT2D eigenvalue weighted by atomic mass is 16.5. The predicted octanol–water partition coefficient (Wildman–Crippen LogP) is 3.35. The molecule has 1 atom stereocenters. The highest BCUT2D eigenvalue weighted by molar-refractivity contribution is 5.94. The normalized spacial score (nSPS) is 17.0. The molecule has 0 bridgehead atoms. The van der Waals surface area contributed by atoms with E-state index in [2.05, 4.69) is 0 Å². The van der Waals surface area contributed by atoms with Gasteiger partial charge in [-0.15, -0.1) is 0 Å². The SMILES string of the molecule is [2H]c1cccc2c1CCC(COC(=O)c1cccc(C(=O)O)c1)C2. The summed E-state index contributed by atoms with van der Waals surface area (Å²) >= 11 is 0. The number of carbonyl (C=O) groups is 2. The first-order valence-corrected chi connectivity index (χ1v) is 7.62. The molecule has 4 heteroatoms. The molecule has 118 valence electrons. The monoisotopic (exact) mass is 311 g/mol. The molecule has 0 radical (unpaired) electrons. The molecule has 3 rings (SSSR count). The quantitative estimate of drug-likeness (QED) is 0.880. The molecule has 0 saturated heterocycles. The van der Waals surface area contributed by atoms with Gasteiger partial charge in [-0.25, -0.2) is 9.59 Å². The van der Waals surface area contributed by atoms with Gasteiger partial charge in [0.2, 0.25) is 0 Å². The highest BCUT2D eigenvalue weighted by Crippen LogP contribution is 2.25. The number of carboxylic acids is 1. The largest absolute Gasteiger partial charge is 0.478 e. The lowest BCUT2D eigenvalue weighted by Crippen LogP contribution is -2.21. The maximum absolute atomic E-state index is 12.1. The van der Waals surface area contributed by atoms with E-state index < -0.39 is 11.9 Å². The van der Waals surface area contributed by atoms with E-state index in [1.165, 1.54) is 18.2 Å². The third-order valence-corrected chi connectivity index (χ3v) is 4.15. The molecule has 2 aromatic rings. The molecule has 0 fully saturated rings. The van der Waals surface area contributed by atoms with E-state index in [0.717, 1.165) is 30.4 Å². The Labute approximate surface area is 136 Å². The van der Waals surface area contributed by atoms with Gasteiger partial charge in [0.05, 0.1) is 19.1 Å². The minimum atomic E-state index is -1.07. The third-order valence-electron chi connectivity index (χ3n) is 4.15. The van der Waals surface area contributed by atoms with Crippen LogP contribution in [0.25, 0.3) is 0 Å². The van der Waals surface area contributed by atoms with Crippen molar-refractivity contribution < 1.29 is 20.8 Å². The number of carboxylic acid groups (broad SMARTS) is 1. The van der Waals surface area contributed by atoms with Crippen molar-refractivity contribution in [3.05, 3.63) is 70.8 Å². The number of ether oxygens (including phenoxy) is 1. The Morgan fingerprint density at radius 3 is 2.83 bits per heavy atom. The summed E-state index contributed by atoms with van der Waals surface area (Å²) in [4.78, 5) is 23.1. The van der Waals surface area contributed by atoms with Gasteiger partial charge in [0.15, 0.2) is 0 Å². The zero-order chi connectivity index (χ0) is 17.1. The number of benzene rings is 2. The Kier molecular flexibility index (Phi) is 4.05. The van der Waals surface area contributed by atoms with Gasteiger partial charge in [0.25, 0.3) is 0 Å². The molecule has 4 nitrogen and oxygen atoms in total. The molecular weight excluding hydrogens is 292 g/mol. The predicted molar refractivity (Wildman–Crippen MR) is 85.6 cm³/mol. The van der Waals surface area contributed by atoms with Crippen LogP contribution in [0.1, 0.15) is 39.6 Å². The topological polar surface area (TPSA) is 63.6 Å². The molecule has 1 aliphatic rings. The van der Waals surface area contributed by atoms with Gasteiger partial charge < -0.3 is 9.84 Å². The highest BCUT2D eigenvalue weighted by Gasteiger charge is 2.20. The van der Waals surface area contributed by atoms with Gasteiger partial charge in [0, 0.05) is 0 Å². The number of aromatic carboxylic acids is 1. The van der Waals surface area contributed by atoms with E-state index in [0.29, 0.717) is 12.6 Å². The Balaban J connectivity index is 1.61. The van der Waals surface area contributed by atoms with Gasteiger partial charge in [-0.1, -0.05) is 30.3 Å². The van der Waals surface area contributed by atoms with E-state index in [1.54, 1.807) is 12.1 Å². The number of esters is 1. The first-order chi connectivity index (χ1) is 11.5. The second kappa shape index (κ2) is 6.65. The third kappa shape index (κ3) is 3.59. The van der Waals surface area contributed by atoms with Crippen LogP contribution in [0, 0.1) is 5.92 Å². The first kappa shape index (κ1) is 14.0. The minimum absolute atomic E-state index is 0.0685. The maximum Gasteiger partial charge on any atom is 0.338 e.